The molecule has 18 heavy (non-hydrogen) atoms. The van der Waals surface area contributed by atoms with Gasteiger partial charge in [-0.2, -0.15) is 0 Å². The number of aliphatic hydroxyl groups excluding tert-OH is 2. The van der Waals surface area contributed by atoms with E-state index in [2.05, 4.69) is 18.7 Å². The van der Waals surface area contributed by atoms with Crippen molar-refractivity contribution < 1.29 is 14.9 Å². The van der Waals surface area contributed by atoms with Crippen LogP contribution in [0.15, 0.2) is 0 Å². The van der Waals surface area contributed by atoms with E-state index >= 15 is 0 Å². The van der Waals surface area contributed by atoms with Gasteiger partial charge in [0.25, 0.3) is 0 Å². The average molecular weight is 257 g/mol. The number of nitrogens with zero attached hydrogens (tertiary/aromatic N) is 1. The molecule has 2 N–H and O–H groups in total. The standard InChI is InChI=1S/C14H27NO3/c1-13(2)11(12(17)14(3,4)18-13)8-15-6-5-10(7-15)9-16/h10-12,16-17H,5-9H2,1-4H3. The first-order chi connectivity index (χ1) is 8.26. The molecule has 0 radical (unpaired) electrons. The first-order valence-electron chi connectivity index (χ1n) is 6.98. The molecule has 2 rings (SSSR count). The van der Waals surface area contributed by atoms with E-state index in [4.69, 9.17) is 4.74 Å². The molecule has 4 heteroatoms. The molecular formula is C14H27NO3. The summed E-state index contributed by atoms with van der Waals surface area (Å²) in [6, 6.07) is 0. The zero-order chi connectivity index (χ0) is 13.6. The summed E-state index contributed by atoms with van der Waals surface area (Å²) in [6.45, 7) is 11.1. The third kappa shape index (κ3) is 2.57. The first kappa shape index (κ1) is 14.3. The van der Waals surface area contributed by atoms with Gasteiger partial charge in [-0.15, -0.1) is 0 Å². The quantitative estimate of drug-likeness (QED) is 0.787. The SMILES string of the molecule is CC1(C)OC(C)(C)C(CN2CCC(CO)C2)C1O. The maximum atomic E-state index is 10.4. The Morgan fingerprint density at radius 3 is 2.33 bits per heavy atom. The van der Waals surface area contributed by atoms with Crippen molar-refractivity contribution in [2.24, 2.45) is 11.8 Å². The number of hydrogen-bond donors (Lipinski definition) is 2. The summed E-state index contributed by atoms with van der Waals surface area (Å²) in [5, 5.41) is 19.6. The van der Waals surface area contributed by atoms with Crippen LogP contribution in [-0.2, 0) is 4.74 Å². The van der Waals surface area contributed by atoms with Crippen LogP contribution in [-0.4, -0.2) is 58.7 Å². The number of likely N-dealkylation sites (tertiary alicyclic amines) is 1. The lowest BCUT2D eigenvalue weighted by Gasteiger charge is -2.30. The van der Waals surface area contributed by atoms with Crippen LogP contribution >= 0.6 is 0 Å². The van der Waals surface area contributed by atoms with Gasteiger partial charge in [-0.3, -0.25) is 0 Å². The van der Waals surface area contributed by atoms with E-state index in [0.29, 0.717) is 5.92 Å². The Kier molecular flexibility index (Phi) is 3.76. The topological polar surface area (TPSA) is 52.9 Å². The van der Waals surface area contributed by atoms with E-state index in [1.54, 1.807) is 0 Å². The molecule has 0 bridgehead atoms. The molecule has 0 aromatic rings. The zero-order valence-corrected chi connectivity index (χ0v) is 12.0. The molecule has 2 saturated heterocycles. The second kappa shape index (κ2) is 4.75. The molecule has 0 spiro atoms. The number of hydrogen-bond acceptors (Lipinski definition) is 4. The van der Waals surface area contributed by atoms with Crippen molar-refractivity contribution in [3.05, 3.63) is 0 Å². The Morgan fingerprint density at radius 2 is 1.89 bits per heavy atom. The molecule has 3 unspecified atom stereocenters. The zero-order valence-electron chi connectivity index (χ0n) is 12.0. The molecule has 3 atom stereocenters. The van der Waals surface area contributed by atoms with Gasteiger partial charge < -0.3 is 19.8 Å². The Labute approximate surface area is 110 Å². The van der Waals surface area contributed by atoms with E-state index in [1.807, 2.05) is 13.8 Å². The first-order valence-corrected chi connectivity index (χ1v) is 6.98. The highest BCUT2D eigenvalue weighted by atomic mass is 16.5. The number of rotatable bonds is 3. The molecule has 0 saturated carbocycles. The molecule has 0 amide bonds. The Bertz CT molecular complexity index is 303. The van der Waals surface area contributed by atoms with Gasteiger partial charge in [0, 0.05) is 25.6 Å². The minimum Gasteiger partial charge on any atom is -0.396 e. The van der Waals surface area contributed by atoms with Crippen LogP contribution in [0.3, 0.4) is 0 Å². The van der Waals surface area contributed by atoms with Gasteiger partial charge in [-0.05, 0) is 46.6 Å². The molecule has 4 nitrogen and oxygen atoms in total. The van der Waals surface area contributed by atoms with Crippen LogP contribution in [0.25, 0.3) is 0 Å². The second-order valence-electron chi connectivity index (χ2n) is 6.96. The highest BCUT2D eigenvalue weighted by molar-refractivity contribution is 5.02. The van der Waals surface area contributed by atoms with Gasteiger partial charge in [0.05, 0.1) is 17.3 Å². The summed E-state index contributed by atoms with van der Waals surface area (Å²) in [5.74, 6) is 0.533. The lowest BCUT2D eigenvalue weighted by molar-refractivity contribution is -0.0912. The van der Waals surface area contributed by atoms with Crippen molar-refractivity contribution in [3.8, 4) is 0 Å². The van der Waals surface area contributed by atoms with Crippen LogP contribution in [0.4, 0.5) is 0 Å². The van der Waals surface area contributed by atoms with Crippen LogP contribution in [0.1, 0.15) is 34.1 Å². The Morgan fingerprint density at radius 1 is 1.22 bits per heavy atom. The van der Waals surface area contributed by atoms with Gasteiger partial charge in [-0.25, -0.2) is 0 Å². The van der Waals surface area contributed by atoms with Crippen molar-refractivity contribution in [2.75, 3.05) is 26.2 Å². The van der Waals surface area contributed by atoms with E-state index in [9.17, 15) is 10.2 Å². The number of aliphatic hydroxyl groups is 2. The van der Waals surface area contributed by atoms with Crippen molar-refractivity contribution in [2.45, 2.75) is 51.4 Å². The van der Waals surface area contributed by atoms with E-state index < -0.39 is 11.7 Å². The van der Waals surface area contributed by atoms with Crippen LogP contribution in [0.5, 0.6) is 0 Å². The van der Waals surface area contributed by atoms with E-state index in [0.717, 1.165) is 26.1 Å². The van der Waals surface area contributed by atoms with Gasteiger partial charge in [0.15, 0.2) is 0 Å². The fourth-order valence-electron chi connectivity index (χ4n) is 3.50. The van der Waals surface area contributed by atoms with Gasteiger partial charge in [0.1, 0.15) is 0 Å². The molecule has 0 aliphatic carbocycles. The third-order valence-corrected chi connectivity index (χ3v) is 4.60. The van der Waals surface area contributed by atoms with Gasteiger partial charge >= 0.3 is 0 Å². The smallest absolute Gasteiger partial charge is 0.0896 e. The van der Waals surface area contributed by atoms with Crippen LogP contribution < -0.4 is 0 Å². The number of ether oxygens (including phenoxy) is 1. The van der Waals surface area contributed by atoms with Crippen LogP contribution in [0.2, 0.25) is 0 Å². The summed E-state index contributed by atoms with van der Waals surface area (Å²) >= 11 is 0. The summed E-state index contributed by atoms with van der Waals surface area (Å²) in [7, 11) is 0. The maximum Gasteiger partial charge on any atom is 0.0896 e. The molecule has 2 fully saturated rings. The predicted octanol–water partition coefficient (Wildman–Crippen LogP) is 0.865. The fourth-order valence-corrected chi connectivity index (χ4v) is 3.50. The normalized spacial score (nSPS) is 39.3. The summed E-state index contributed by atoms with van der Waals surface area (Å²) < 4.78 is 6.00. The maximum absolute atomic E-state index is 10.4. The van der Waals surface area contributed by atoms with E-state index in [1.165, 1.54) is 0 Å². The molecule has 106 valence electrons. The van der Waals surface area contributed by atoms with Crippen molar-refractivity contribution >= 4 is 0 Å². The monoisotopic (exact) mass is 257 g/mol. The van der Waals surface area contributed by atoms with Crippen molar-refractivity contribution in [1.29, 1.82) is 0 Å². The van der Waals surface area contributed by atoms with Crippen molar-refractivity contribution in [1.82, 2.24) is 4.90 Å². The molecule has 2 aliphatic rings. The molecular weight excluding hydrogens is 230 g/mol. The fraction of sp³-hybridized carbons (Fsp3) is 1.00. The Balaban J connectivity index is 2.00. The Hall–Kier alpha value is -0.160. The minimum absolute atomic E-state index is 0.130. The molecule has 0 aromatic heterocycles. The summed E-state index contributed by atoms with van der Waals surface area (Å²) in [6.07, 6.45) is 0.630. The molecule has 2 aliphatic heterocycles. The molecule has 2 heterocycles. The van der Waals surface area contributed by atoms with E-state index in [-0.39, 0.29) is 18.1 Å². The highest BCUT2D eigenvalue weighted by Gasteiger charge is 2.53. The largest absolute Gasteiger partial charge is 0.396 e. The summed E-state index contributed by atoms with van der Waals surface area (Å²) in [4.78, 5) is 2.35. The third-order valence-electron chi connectivity index (χ3n) is 4.60. The molecule has 0 aromatic carbocycles. The second-order valence-corrected chi connectivity index (χ2v) is 6.96. The lowest BCUT2D eigenvalue weighted by atomic mass is 9.84. The van der Waals surface area contributed by atoms with Crippen molar-refractivity contribution in [3.63, 3.8) is 0 Å². The average Bonchev–Trinajstić information content (AvgIpc) is 2.75. The highest BCUT2D eigenvalue weighted by Crippen LogP contribution is 2.42. The van der Waals surface area contributed by atoms with Crippen LogP contribution in [0, 0.1) is 11.8 Å². The summed E-state index contributed by atoms with van der Waals surface area (Å²) in [5.41, 5.74) is -0.759. The minimum atomic E-state index is -0.468. The lowest BCUT2D eigenvalue weighted by Crippen LogP contribution is -2.42. The predicted molar refractivity (Wildman–Crippen MR) is 70.4 cm³/mol. The van der Waals surface area contributed by atoms with Gasteiger partial charge in [0.2, 0.25) is 0 Å². The van der Waals surface area contributed by atoms with Gasteiger partial charge in [-0.1, -0.05) is 0 Å².